The molecule has 228 valence electrons. The number of piperidine rings is 2. The van der Waals surface area contributed by atoms with Crippen molar-refractivity contribution in [3.63, 3.8) is 0 Å². The van der Waals surface area contributed by atoms with E-state index in [1.807, 2.05) is 0 Å². The van der Waals surface area contributed by atoms with Gasteiger partial charge in [0.15, 0.2) is 0 Å². The van der Waals surface area contributed by atoms with Crippen molar-refractivity contribution in [2.45, 2.75) is 44.2 Å². The van der Waals surface area contributed by atoms with Gasteiger partial charge in [0, 0.05) is 12.8 Å². The first-order valence-electron chi connectivity index (χ1n) is 13.7. The molecule has 0 spiro atoms. The molecule has 4 heterocycles. The normalized spacial score (nSPS) is 21.0. The maximum atomic E-state index is 13.2. The molecule has 2 fully saturated rings. The fourth-order valence-corrected chi connectivity index (χ4v) is 5.77. The predicted octanol–water partition coefficient (Wildman–Crippen LogP) is -0.544. The number of hydrogen-bond donors (Lipinski definition) is 4. The molecule has 6 rings (SSSR count). The number of rotatable bonds is 6. The van der Waals surface area contributed by atoms with E-state index < -0.39 is 77.6 Å². The fourth-order valence-electron chi connectivity index (χ4n) is 5.77. The third-order valence-corrected chi connectivity index (χ3v) is 7.81. The molecule has 0 radical (unpaired) electrons. The van der Waals surface area contributed by atoms with E-state index in [-0.39, 0.29) is 59.3 Å². The average molecular weight is 615 g/mol. The standard InChI is InChI=1S/C29H22N6O10/c36-18-9-7-16(24(40)32-18)34-26(42)12-3-1-5-14(22(12)28(34)44)30-20(38)11-21(39)31-15-6-2-4-13-23(15)29(45)35(27(13)43)17-8-10-19(37)33-25(17)41/h1-6,16-17H,7-11H2,(H,30,38)(H,31,39)(H,32,36,40)(H,33,37,41). The summed E-state index contributed by atoms with van der Waals surface area (Å²) in [6.07, 6.45) is -1.05. The zero-order valence-corrected chi connectivity index (χ0v) is 23.1. The quantitative estimate of drug-likeness (QED) is 0.240. The van der Waals surface area contributed by atoms with Crippen LogP contribution in [0.4, 0.5) is 11.4 Å². The van der Waals surface area contributed by atoms with Crippen LogP contribution in [0.15, 0.2) is 36.4 Å². The number of fused-ring (bicyclic) bond motifs is 2. The lowest BCUT2D eigenvalue weighted by atomic mass is 10.0. The summed E-state index contributed by atoms with van der Waals surface area (Å²) in [4.78, 5) is 127. The first-order chi connectivity index (χ1) is 21.5. The lowest BCUT2D eigenvalue weighted by molar-refractivity contribution is -0.137. The highest BCUT2D eigenvalue weighted by atomic mass is 16.2. The summed E-state index contributed by atoms with van der Waals surface area (Å²) in [5.41, 5.74) is -0.676. The van der Waals surface area contributed by atoms with Gasteiger partial charge in [0.05, 0.1) is 33.6 Å². The van der Waals surface area contributed by atoms with Gasteiger partial charge in [0.25, 0.3) is 23.6 Å². The summed E-state index contributed by atoms with van der Waals surface area (Å²) in [5.74, 6) is -7.68. The minimum Gasteiger partial charge on any atom is -0.325 e. The lowest BCUT2D eigenvalue weighted by Crippen LogP contribution is -2.54. The number of imide groups is 4. The van der Waals surface area contributed by atoms with Crippen molar-refractivity contribution < 1.29 is 47.9 Å². The van der Waals surface area contributed by atoms with Crippen molar-refractivity contribution in [2.75, 3.05) is 10.6 Å². The Balaban J connectivity index is 1.15. The molecule has 16 nitrogen and oxygen atoms in total. The van der Waals surface area contributed by atoms with E-state index in [1.54, 1.807) is 0 Å². The number of carbonyl (C=O) groups excluding carboxylic acids is 10. The third-order valence-electron chi connectivity index (χ3n) is 7.81. The molecule has 16 heteroatoms. The molecule has 0 bridgehead atoms. The topological polar surface area (TPSA) is 225 Å². The van der Waals surface area contributed by atoms with E-state index in [0.717, 1.165) is 9.80 Å². The summed E-state index contributed by atoms with van der Waals surface area (Å²) in [7, 11) is 0. The Kier molecular flexibility index (Phi) is 7.03. The second-order valence-electron chi connectivity index (χ2n) is 10.6. The molecule has 0 aromatic heterocycles. The molecule has 2 unspecified atom stereocenters. The van der Waals surface area contributed by atoms with Gasteiger partial charge in [-0.3, -0.25) is 68.4 Å². The van der Waals surface area contributed by atoms with Gasteiger partial charge in [-0.25, -0.2) is 0 Å². The van der Waals surface area contributed by atoms with Gasteiger partial charge in [-0.15, -0.1) is 0 Å². The maximum absolute atomic E-state index is 13.2. The molecule has 4 N–H and O–H groups in total. The second-order valence-corrected chi connectivity index (χ2v) is 10.6. The Bertz CT molecular complexity index is 1690. The van der Waals surface area contributed by atoms with Crippen molar-refractivity contribution in [3.05, 3.63) is 58.7 Å². The molecule has 4 aliphatic rings. The van der Waals surface area contributed by atoms with Crippen LogP contribution >= 0.6 is 0 Å². The summed E-state index contributed by atoms with van der Waals surface area (Å²) in [6, 6.07) is 5.74. The van der Waals surface area contributed by atoms with Crippen molar-refractivity contribution in [2.24, 2.45) is 0 Å². The zero-order valence-electron chi connectivity index (χ0n) is 23.1. The van der Waals surface area contributed by atoms with Crippen molar-refractivity contribution in [1.29, 1.82) is 0 Å². The Morgan fingerprint density at radius 3 is 1.40 bits per heavy atom. The Morgan fingerprint density at radius 2 is 1.02 bits per heavy atom. The molecule has 0 aliphatic carbocycles. The molecular weight excluding hydrogens is 592 g/mol. The number of anilines is 2. The molecule has 2 aromatic rings. The molecular formula is C29H22N6O10. The van der Waals surface area contributed by atoms with E-state index >= 15 is 0 Å². The number of amides is 10. The summed E-state index contributed by atoms with van der Waals surface area (Å²) >= 11 is 0. The van der Waals surface area contributed by atoms with E-state index in [9.17, 15) is 47.9 Å². The highest BCUT2D eigenvalue weighted by molar-refractivity contribution is 6.28. The van der Waals surface area contributed by atoms with E-state index in [2.05, 4.69) is 21.3 Å². The number of nitrogens with one attached hydrogen (secondary N) is 4. The van der Waals surface area contributed by atoms with Gasteiger partial charge in [-0.1, -0.05) is 12.1 Å². The molecule has 2 saturated heterocycles. The van der Waals surface area contributed by atoms with Crippen LogP contribution in [0.25, 0.3) is 0 Å². The highest BCUT2D eigenvalue weighted by Crippen LogP contribution is 2.34. The van der Waals surface area contributed by atoms with Crippen LogP contribution in [0, 0.1) is 0 Å². The minimum atomic E-state index is -1.21. The van der Waals surface area contributed by atoms with Crippen LogP contribution in [0.1, 0.15) is 73.5 Å². The smallest absolute Gasteiger partial charge is 0.264 e. The van der Waals surface area contributed by atoms with E-state index in [0.29, 0.717) is 0 Å². The predicted molar refractivity (Wildman–Crippen MR) is 148 cm³/mol. The fraction of sp³-hybridized carbons (Fsp3) is 0.241. The van der Waals surface area contributed by atoms with Gasteiger partial charge in [-0.2, -0.15) is 0 Å². The van der Waals surface area contributed by atoms with Crippen LogP contribution in [-0.2, 0) is 28.8 Å². The van der Waals surface area contributed by atoms with Gasteiger partial charge in [0.2, 0.25) is 35.4 Å². The number of benzene rings is 2. The first-order valence-corrected chi connectivity index (χ1v) is 13.7. The largest absolute Gasteiger partial charge is 0.325 e. The number of carbonyl (C=O) groups is 10. The molecule has 0 saturated carbocycles. The van der Waals surface area contributed by atoms with Crippen LogP contribution in [0.2, 0.25) is 0 Å². The van der Waals surface area contributed by atoms with Gasteiger partial charge < -0.3 is 10.6 Å². The molecule has 2 aromatic carbocycles. The number of nitrogens with zero attached hydrogens (tertiary/aromatic N) is 2. The Morgan fingerprint density at radius 1 is 0.622 bits per heavy atom. The van der Waals surface area contributed by atoms with Crippen LogP contribution in [0.3, 0.4) is 0 Å². The van der Waals surface area contributed by atoms with E-state index in [4.69, 9.17) is 0 Å². The number of hydrogen-bond acceptors (Lipinski definition) is 10. The molecule has 45 heavy (non-hydrogen) atoms. The van der Waals surface area contributed by atoms with E-state index in [1.165, 1.54) is 36.4 Å². The van der Waals surface area contributed by atoms with Gasteiger partial charge >= 0.3 is 0 Å². The first kappa shape index (κ1) is 29.0. The van der Waals surface area contributed by atoms with Gasteiger partial charge in [0.1, 0.15) is 18.5 Å². The van der Waals surface area contributed by atoms with Crippen LogP contribution in [0.5, 0.6) is 0 Å². The Labute approximate surface area is 252 Å². The Hall–Kier alpha value is -6.06. The summed E-state index contributed by atoms with van der Waals surface area (Å²) < 4.78 is 0. The second kappa shape index (κ2) is 10.9. The monoisotopic (exact) mass is 614 g/mol. The van der Waals surface area contributed by atoms with Crippen molar-refractivity contribution >= 4 is 70.4 Å². The zero-order chi connectivity index (χ0) is 32.2. The summed E-state index contributed by atoms with van der Waals surface area (Å²) in [6.45, 7) is 0. The minimum absolute atomic E-state index is 0.0550. The average Bonchev–Trinajstić information content (AvgIpc) is 3.38. The van der Waals surface area contributed by atoms with Crippen LogP contribution < -0.4 is 21.3 Å². The lowest BCUT2D eigenvalue weighted by Gasteiger charge is -2.27. The van der Waals surface area contributed by atoms with Crippen molar-refractivity contribution in [1.82, 2.24) is 20.4 Å². The maximum Gasteiger partial charge on any atom is 0.264 e. The molecule has 10 amide bonds. The van der Waals surface area contributed by atoms with Crippen molar-refractivity contribution in [3.8, 4) is 0 Å². The van der Waals surface area contributed by atoms with Crippen LogP contribution in [-0.4, -0.2) is 81.0 Å². The molecule has 4 aliphatic heterocycles. The highest BCUT2D eigenvalue weighted by Gasteiger charge is 2.47. The van der Waals surface area contributed by atoms with Gasteiger partial charge in [-0.05, 0) is 37.1 Å². The molecule has 2 atom stereocenters. The SMILES string of the molecule is O=C1CCC(N2C(=O)c3cccc(NC(=O)CC(=O)Nc4cccc5c4C(=O)N(C4CCC(=O)NC4=O)C5=O)c3C2=O)C(=O)N1. The summed E-state index contributed by atoms with van der Waals surface area (Å²) in [5, 5.41) is 9.04. The third kappa shape index (κ3) is 4.91.